The molecular weight excluding hydrogens is 214 g/mol. The zero-order chi connectivity index (χ0) is 12.3. The molecule has 92 valence electrons. The summed E-state index contributed by atoms with van der Waals surface area (Å²) in [7, 11) is 0. The van der Waals surface area contributed by atoms with E-state index in [9.17, 15) is 4.79 Å². The summed E-state index contributed by atoms with van der Waals surface area (Å²) >= 11 is 0. The average Bonchev–Trinajstić information content (AvgIpc) is 2.40. The molecule has 0 bridgehead atoms. The highest BCUT2D eigenvalue weighted by Gasteiger charge is 2.40. The molecule has 0 unspecified atom stereocenters. The molecule has 2 rings (SSSR count). The maximum atomic E-state index is 12.5. The molecule has 0 radical (unpaired) electrons. The fourth-order valence-corrected chi connectivity index (χ4v) is 2.53. The molecule has 17 heavy (non-hydrogen) atoms. The Morgan fingerprint density at radius 2 is 2.18 bits per heavy atom. The van der Waals surface area contributed by atoms with Gasteiger partial charge in [0.05, 0.1) is 6.20 Å². The number of nitrogens with two attached hydrogens (primary N) is 1. The lowest BCUT2D eigenvalue weighted by Crippen LogP contribution is -2.42. The maximum Gasteiger partial charge on any atom is 0.190 e. The van der Waals surface area contributed by atoms with Crippen LogP contribution >= 0.6 is 0 Å². The zero-order valence-electron chi connectivity index (χ0n) is 10.2. The molecule has 0 aliphatic heterocycles. The summed E-state index contributed by atoms with van der Waals surface area (Å²) < 4.78 is 0. The summed E-state index contributed by atoms with van der Waals surface area (Å²) in [6.07, 6.45) is 8.57. The van der Waals surface area contributed by atoms with Crippen molar-refractivity contribution in [1.29, 1.82) is 0 Å². The molecule has 0 saturated heterocycles. The molecular formula is C13H19N3O. The second-order valence-corrected chi connectivity index (χ2v) is 5.09. The van der Waals surface area contributed by atoms with Crippen molar-refractivity contribution < 1.29 is 4.79 Å². The van der Waals surface area contributed by atoms with Gasteiger partial charge in [-0.25, -0.2) is 4.98 Å². The third-order valence-electron chi connectivity index (χ3n) is 3.90. The van der Waals surface area contributed by atoms with Gasteiger partial charge in [0.25, 0.3) is 0 Å². The highest BCUT2D eigenvalue weighted by atomic mass is 16.1. The van der Waals surface area contributed by atoms with Crippen LogP contribution in [0.2, 0.25) is 0 Å². The van der Waals surface area contributed by atoms with Crippen molar-refractivity contribution in [2.75, 3.05) is 6.54 Å². The zero-order valence-corrected chi connectivity index (χ0v) is 10.2. The molecule has 0 spiro atoms. The van der Waals surface area contributed by atoms with Gasteiger partial charge in [-0.1, -0.05) is 6.92 Å². The van der Waals surface area contributed by atoms with E-state index >= 15 is 0 Å². The van der Waals surface area contributed by atoms with E-state index in [0.717, 1.165) is 25.7 Å². The standard InChI is InChI=1S/C13H19N3O/c1-10-2-4-13(9-14,5-3-10)12(17)11-8-15-6-7-16-11/h6-8,10H,2-5,9,14H2,1H3. The minimum Gasteiger partial charge on any atom is -0.329 e. The normalized spacial score (nSPS) is 28.9. The fraction of sp³-hybridized carbons (Fsp3) is 0.615. The molecule has 1 aromatic rings. The predicted molar refractivity (Wildman–Crippen MR) is 65.5 cm³/mol. The SMILES string of the molecule is CC1CCC(CN)(C(=O)c2cnccn2)CC1. The van der Waals surface area contributed by atoms with E-state index in [0.29, 0.717) is 18.2 Å². The molecule has 1 aromatic heterocycles. The highest BCUT2D eigenvalue weighted by Crippen LogP contribution is 2.40. The average molecular weight is 233 g/mol. The van der Waals surface area contributed by atoms with Gasteiger partial charge in [-0.3, -0.25) is 9.78 Å². The highest BCUT2D eigenvalue weighted by molar-refractivity contribution is 5.98. The maximum absolute atomic E-state index is 12.5. The van der Waals surface area contributed by atoms with Gasteiger partial charge >= 0.3 is 0 Å². The Balaban J connectivity index is 2.21. The molecule has 0 aromatic carbocycles. The summed E-state index contributed by atoms with van der Waals surface area (Å²) in [6, 6.07) is 0. The van der Waals surface area contributed by atoms with Gasteiger partial charge in [0.15, 0.2) is 5.78 Å². The van der Waals surface area contributed by atoms with Crippen LogP contribution in [0.15, 0.2) is 18.6 Å². The molecule has 0 atom stereocenters. The van der Waals surface area contributed by atoms with Crippen molar-refractivity contribution in [1.82, 2.24) is 9.97 Å². The van der Waals surface area contributed by atoms with Gasteiger partial charge in [0, 0.05) is 24.4 Å². The van der Waals surface area contributed by atoms with Crippen LogP contribution in [-0.4, -0.2) is 22.3 Å². The Kier molecular flexibility index (Phi) is 3.52. The van der Waals surface area contributed by atoms with E-state index in [4.69, 9.17) is 5.73 Å². The Hall–Kier alpha value is -1.29. The Morgan fingerprint density at radius 3 is 2.71 bits per heavy atom. The first-order valence-electron chi connectivity index (χ1n) is 6.19. The van der Waals surface area contributed by atoms with Crippen LogP contribution in [0.3, 0.4) is 0 Å². The smallest absolute Gasteiger partial charge is 0.190 e. The van der Waals surface area contributed by atoms with E-state index < -0.39 is 5.41 Å². The van der Waals surface area contributed by atoms with Crippen LogP contribution in [0.4, 0.5) is 0 Å². The summed E-state index contributed by atoms with van der Waals surface area (Å²) in [5.74, 6) is 0.768. The number of rotatable bonds is 3. The van der Waals surface area contributed by atoms with Crippen LogP contribution in [0, 0.1) is 11.3 Å². The van der Waals surface area contributed by atoms with E-state index in [1.54, 1.807) is 12.4 Å². The number of Topliss-reactive ketones (excluding diaryl/α,β-unsaturated/α-hetero) is 1. The molecule has 1 saturated carbocycles. The van der Waals surface area contributed by atoms with Crippen molar-refractivity contribution in [3.8, 4) is 0 Å². The van der Waals surface area contributed by atoms with Gasteiger partial charge in [-0.05, 0) is 31.6 Å². The van der Waals surface area contributed by atoms with Crippen LogP contribution in [0.25, 0.3) is 0 Å². The lowest BCUT2D eigenvalue weighted by molar-refractivity contribution is 0.0689. The predicted octanol–water partition coefficient (Wildman–Crippen LogP) is 1.81. The lowest BCUT2D eigenvalue weighted by Gasteiger charge is -2.36. The number of carbonyl (C=O) groups is 1. The summed E-state index contributed by atoms with van der Waals surface area (Å²) in [5.41, 5.74) is 5.90. The third-order valence-corrected chi connectivity index (χ3v) is 3.90. The topological polar surface area (TPSA) is 68.9 Å². The van der Waals surface area contributed by atoms with Gasteiger partial charge in [0.1, 0.15) is 5.69 Å². The number of hydrogen-bond acceptors (Lipinski definition) is 4. The van der Waals surface area contributed by atoms with Crippen molar-refractivity contribution in [3.05, 3.63) is 24.3 Å². The Labute approximate surface area is 102 Å². The van der Waals surface area contributed by atoms with Crippen LogP contribution in [-0.2, 0) is 0 Å². The van der Waals surface area contributed by atoms with E-state index in [1.807, 2.05) is 0 Å². The number of aromatic nitrogens is 2. The first-order chi connectivity index (χ1) is 8.18. The third kappa shape index (κ3) is 2.36. The van der Waals surface area contributed by atoms with Crippen molar-refractivity contribution in [2.24, 2.45) is 17.1 Å². The number of hydrogen-bond donors (Lipinski definition) is 1. The fourth-order valence-electron chi connectivity index (χ4n) is 2.53. The van der Waals surface area contributed by atoms with Crippen molar-refractivity contribution in [2.45, 2.75) is 32.6 Å². The molecule has 4 heteroatoms. The van der Waals surface area contributed by atoms with Crippen LogP contribution in [0.1, 0.15) is 43.1 Å². The second kappa shape index (κ2) is 4.92. The first kappa shape index (κ1) is 12.2. The lowest BCUT2D eigenvalue weighted by atomic mass is 9.68. The number of nitrogens with zero attached hydrogens (tertiary/aromatic N) is 2. The van der Waals surface area contributed by atoms with Gasteiger partial charge in [0.2, 0.25) is 0 Å². The second-order valence-electron chi connectivity index (χ2n) is 5.09. The summed E-state index contributed by atoms with van der Waals surface area (Å²) in [6.45, 7) is 2.64. The van der Waals surface area contributed by atoms with E-state index in [1.165, 1.54) is 6.20 Å². The van der Waals surface area contributed by atoms with E-state index in [2.05, 4.69) is 16.9 Å². The molecule has 2 N–H and O–H groups in total. The summed E-state index contributed by atoms with van der Waals surface area (Å²) in [5, 5.41) is 0. The minimum absolute atomic E-state index is 0.0694. The molecule has 4 nitrogen and oxygen atoms in total. The Morgan fingerprint density at radius 1 is 1.47 bits per heavy atom. The molecule has 1 aliphatic carbocycles. The largest absolute Gasteiger partial charge is 0.329 e. The number of ketones is 1. The molecule has 1 fully saturated rings. The quantitative estimate of drug-likeness (QED) is 0.808. The van der Waals surface area contributed by atoms with Crippen molar-refractivity contribution >= 4 is 5.78 Å². The van der Waals surface area contributed by atoms with Crippen LogP contribution < -0.4 is 5.73 Å². The Bertz CT molecular complexity index is 383. The van der Waals surface area contributed by atoms with E-state index in [-0.39, 0.29) is 5.78 Å². The minimum atomic E-state index is -0.400. The van der Waals surface area contributed by atoms with Gasteiger partial charge in [-0.15, -0.1) is 0 Å². The molecule has 0 amide bonds. The molecule has 1 aliphatic rings. The monoisotopic (exact) mass is 233 g/mol. The summed E-state index contributed by atoms with van der Waals surface area (Å²) in [4.78, 5) is 20.5. The molecule has 1 heterocycles. The van der Waals surface area contributed by atoms with Crippen LogP contribution in [0.5, 0.6) is 0 Å². The van der Waals surface area contributed by atoms with Gasteiger partial charge in [-0.2, -0.15) is 0 Å². The van der Waals surface area contributed by atoms with Gasteiger partial charge < -0.3 is 5.73 Å². The first-order valence-corrected chi connectivity index (χ1v) is 6.19. The van der Waals surface area contributed by atoms with Crippen molar-refractivity contribution in [3.63, 3.8) is 0 Å². The number of carbonyl (C=O) groups excluding carboxylic acids is 1.